The summed E-state index contributed by atoms with van der Waals surface area (Å²) < 4.78 is 11.5. The Labute approximate surface area is 132 Å². The van der Waals surface area contributed by atoms with Crippen molar-refractivity contribution >= 4 is 6.09 Å². The van der Waals surface area contributed by atoms with Crippen molar-refractivity contribution < 1.29 is 14.3 Å². The van der Waals surface area contributed by atoms with Gasteiger partial charge in [0.25, 0.3) is 0 Å². The number of amides is 1. The molecule has 1 fully saturated rings. The molecule has 0 radical (unpaired) electrons. The monoisotopic (exact) mass is 303 g/mol. The third kappa shape index (κ3) is 3.21. The van der Waals surface area contributed by atoms with Crippen LogP contribution in [-0.2, 0) is 11.3 Å². The Bertz CT molecular complexity index is 558. The lowest BCUT2D eigenvalue weighted by atomic mass is 9.79. The van der Waals surface area contributed by atoms with Crippen LogP contribution in [0.3, 0.4) is 0 Å². The number of ether oxygens (including phenoxy) is 2. The number of rotatable bonds is 1. The Morgan fingerprint density at radius 2 is 2.09 bits per heavy atom. The molecular weight excluding hydrogens is 278 g/mol. The number of hydrogen-bond donors (Lipinski definition) is 0. The van der Waals surface area contributed by atoms with Gasteiger partial charge < -0.3 is 14.4 Å². The van der Waals surface area contributed by atoms with E-state index in [1.165, 1.54) is 24.8 Å². The second-order valence-corrected chi connectivity index (χ2v) is 7.21. The average Bonchev–Trinajstić information content (AvgIpc) is 2.57. The molecule has 0 bridgehead atoms. The lowest BCUT2D eigenvalue weighted by molar-refractivity contribution is 0.0225. The quantitative estimate of drug-likeness (QED) is 0.784. The Morgan fingerprint density at radius 1 is 1.32 bits per heavy atom. The van der Waals surface area contributed by atoms with Gasteiger partial charge in [0.1, 0.15) is 18.0 Å². The highest BCUT2D eigenvalue weighted by Crippen LogP contribution is 2.42. The van der Waals surface area contributed by atoms with Crippen molar-refractivity contribution in [2.75, 3.05) is 13.2 Å². The smallest absolute Gasteiger partial charge is 0.410 e. The van der Waals surface area contributed by atoms with Crippen LogP contribution in [-0.4, -0.2) is 29.7 Å². The van der Waals surface area contributed by atoms with Gasteiger partial charge in [0.2, 0.25) is 0 Å². The topological polar surface area (TPSA) is 38.8 Å². The minimum Gasteiger partial charge on any atom is -0.491 e. The maximum Gasteiger partial charge on any atom is 0.410 e. The fourth-order valence-electron chi connectivity index (χ4n) is 2.97. The molecule has 4 nitrogen and oxygen atoms in total. The average molecular weight is 303 g/mol. The molecule has 1 heterocycles. The minimum atomic E-state index is -0.471. The van der Waals surface area contributed by atoms with Gasteiger partial charge >= 0.3 is 6.09 Å². The van der Waals surface area contributed by atoms with E-state index >= 15 is 0 Å². The zero-order valence-corrected chi connectivity index (χ0v) is 13.7. The minimum absolute atomic E-state index is 0.266. The van der Waals surface area contributed by atoms with Gasteiger partial charge in [0.05, 0.1) is 13.1 Å². The summed E-state index contributed by atoms with van der Waals surface area (Å²) in [7, 11) is 0. The van der Waals surface area contributed by atoms with E-state index < -0.39 is 5.60 Å². The molecule has 1 aliphatic carbocycles. The van der Waals surface area contributed by atoms with Crippen molar-refractivity contribution in [2.24, 2.45) is 0 Å². The molecule has 0 atom stereocenters. The Morgan fingerprint density at radius 3 is 2.73 bits per heavy atom. The van der Waals surface area contributed by atoms with E-state index in [4.69, 9.17) is 9.47 Å². The van der Waals surface area contributed by atoms with Gasteiger partial charge in [-0.15, -0.1) is 0 Å². The van der Waals surface area contributed by atoms with Gasteiger partial charge in [-0.25, -0.2) is 4.79 Å². The molecule has 2 aliphatic rings. The second kappa shape index (κ2) is 5.82. The van der Waals surface area contributed by atoms with Crippen LogP contribution in [0.2, 0.25) is 0 Å². The summed E-state index contributed by atoms with van der Waals surface area (Å²) in [6.07, 6.45) is 3.53. The number of hydrogen-bond acceptors (Lipinski definition) is 3. The van der Waals surface area contributed by atoms with Gasteiger partial charge in [-0.1, -0.05) is 24.6 Å². The van der Waals surface area contributed by atoms with Crippen LogP contribution in [0.4, 0.5) is 4.79 Å². The van der Waals surface area contributed by atoms with E-state index in [1.807, 2.05) is 20.8 Å². The first-order chi connectivity index (χ1) is 10.4. The van der Waals surface area contributed by atoms with Crippen LogP contribution >= 0.6 is 0 Å². The molecule has 120 valence electrons. The summed E-state index contributed by atoms with van der Waals surface area (Å²) in [6.45, 7) is 7.32. The normalized spacial score (nSPS) is 18.8. The predicted molar refractivity (Wildman–Crippen MR) is 85.2 cm³/mol. The molecule has 1 saturated carbocycles. The summed E-state index contributed by atoms with van der Waals surface area (Å²) in [4.78, 5) is 14.0. The highest BCUT2D eigenvalue weighted by atomic mass is 16.6. The fourth-order valence-corrected chi connectivity index (χ4v) is 2.97. The van der Waals surface area contributed by atoms with Crippen LogP contribution in [0.25, 0.3) is 0 Å². The predicted octanol–water partition coefficient (Wildman–Crippen LogP) is 4.08. The first-order valence-corrected chi connectivity index (χ1v) is 8.16. The maximum absolute atomic E-state index is 12.3. The fraction of sp³-hybridized carbons (Fsp3) is 0.611. The Balaban J connectivity index is 1.80. The molecule has 0 unspecified atom stereocenters. The first-order valence-electron chi connectivity index (χ1n) is 8.16. The van der Waals surface area contributed by atoms with Crippen molar-refractivity contribution in [2.45, 2.75) is 58.1 Å². The van der Waals surface area contributed by atoms with Gasteiger partial charge in [-0.2, -0.15) is 0 Å². The molecule has 1 aromatic rings. The van der Waals surface area contributed by atoms with E-state index in [0.29, 0.717) is 25.6 Å². The van der Waals surface area contributed by atoms with Crippen molar-refractivity contribution in [1.29, 1.82) is 0 Å². The van der Waals surface area contributed by atoms with Crippen molar-refractivity contribution in [3.05, 3.63) is 29.3 Å². The number of carbonyl (C=O) groups excluding carboxylic acids is 1. The largest absolute Gasteiger partial charge is 0.491 e. The molecule has 0 aromatic heterocycles. The van der Waals surface area contributed by atoms with Crippen LogP contribution < -0.4 is 4.74 Å². The summed E-state index contributed by atoms with van der Waals surface area (Å²) in [6, 6.07) is 6.31. The van der Waals surface area contributed by atoms with E-state index in [9.17, 15) is 4.79 Å². The summed E-state index contributed by atoms with van der Waals surface area (Å²) >= 11 is 0. The third-order valence-electron chi connectivity index (χ3n) is 4.29. The number of para-hydroxylation sites is 1. The molecule has 0 N–H and O–H groups in total. The molecule has 1 amide bonds. The first kappa shape index (κ1) is 15.2. The highest BCUT2D eigenvalue weighted by molar-refractivity contribution is 5.68. The molecule has 1 aromatic carbocycles. The van der Waals surface area contributed by atoms with Crippen molar-refractivity contribution in [3.63, 3.8) is 0 Å². The molecular formula is C18H25NO3. The van der Waals surface area contributed by atoms with E-state index in [-0.39, 0.29) is 6.09 Å². The second-order valence-electron chi connectivity index (χ2n) is 7.21. The SMILES string of the molecule is CC(C)(C)OC(=O)N1CCOc2c(cccc2C2CCC2)C1. The lowest BCUT2D eigenvalue weighted by Gasteiger charge is -2.28. The van der Waals surface area contributed by atoms with Gasteiger partial charge in [0.15, 0.2) is 0 Å². The summed E-state index contributed by atoms with van der Waals surface area (Å²) in [5.74, 6) is 1.63. The van der Waals surface area contributed by atoms with Crippen molar-refractivity contribution in [1.82, 2.24) is 4.90 Å². The Hall–Kier alpha value is -1.71. The van der Waals surface area contributed by atoms with E-state index in [1.54, 1.807) is 4.90 Å². The van der Waals surface area contributed by atoms with Crippen LogP contribution in [0.5, 0.6) is 5.75 Å². The van der Waals surface area contributed by atoms with Gasteiger partial charge in [0, 0.05) is 5.56 Å². The highest BCUT2D eigenvalue weighted by Gasteiger charge is 2.29. The van der Waals surface area contributed by atoms with Crippen LogP contribution in [0.15, 0.2) is 18.2 Å². The standard InChI is InChI=1S/C18H25NO3/c1-18(2,3)22-17(20)19-10-11-21-16-14(12-19)8-5-9-15(16)13-6-4-7-13/h5,8-9,13H,4,6-7,10-12H2,1-3H3. The summed E-state index contributed by atoms with van der Waals surface area (Å²) in [5, 5.41) is 0. The lowest BCUT2D eigenvalue weighted by Crippen LogP contribution is -2.37. The Kier molecular flexibility index (Phi) is 4.02. The van der Waals surface area contributed by atoms with Crippen molar-refractivity contribution in [3.8, 4) is 5.75 Å². The van der Waals surface area contributed by atoms with E-state index in [2.05, 4.69) is 18.2 Å². The van der Waals surface area contributed by atoms with Crippen LogP contribution in [0, 0.1) is 0 Å². The van der Waals surface area contributed by atoms with Gasteiger partial charge in [-0.05, 0) is 45.1 Å². The molecule has 4 heteroatoms. The van der Waals surface area contributed by atoms with Crippen LogP contribution in [0.1, 0.15) is 57.1 Å². The number of carbonyl (C=O) groups is 1. The number of nitrogens with zero attached hydrogens (tertiary/aromatic N) is 1. The number of benzene rings is 1. The maximum atomic E-state index is 12.3. The molecule has 1 aliphatic heterocycles. The zero-order chi connectivity index (χ0) is 15.7. The van der Waals surface area contributed by atoms with Gasteiger partial charge in [-0.3, -0.25) is 0 Å². The number of fused-ring (bicyclic) bond motifs is 1. The van der Waals surface area contributed by atoms with E-state index in [0.717, 1.165) is 11.3 Å². The molecule has 3 rings (SSSR count). The molecule has 22 heavy (non-hydrogen) atoms. The molecule has 0 spiro atoms. The molecule has 0 saturated heterocycles. The third-order valence-corrected chi connectivity index (χ3v) is 4.29. The summed E-state index contributed by atoms with van der Waals surface area (Å²) in [5.41, 5.74) is 1.93. The zero-order valence-electron chi connectivity index (χ0n) is 13.7.